The van der Waals surface area contributed by atoms with Crippen LogP contribution in [0.2, 0.25) is 0 Å². The van der Waals surface area contributed by atoms with Crippen molar-refractivity contribution in [2.75, 3.05) is 5.32 Å². The summed E-state index contributed by atoms with van der Waals surface area (Å²) < 4.78 is 0. The van der Waals surface area contributed by atoms with E-state index in [4.69, 9.17) is 0 Å². The van der Waals surface area contributed by atoms with Crippen LogP contribution in [-0.4, -0.2) is 5.91 Å². The molecule has 1 amide bonds. The fourth-order valence-corrected chi connectivity index (χ4v) is 1.74. The molecule has 1 N–H and O–H groups in total. The van der Waals surface area contributed by atoms with Crippen LogP contribution in [0.4, 0.5) is 5.69 Å². The average Bonchev–Trinajstić information content (AvgIpc) is 2.89. The van der Waals surface area contributed by atoms with E-state index in [1.807, 2.05) is 18.2 Å². The van der Waals surface area contributed by atoms with Crippen molar-refractivity contribution in [3.8, 4) is 0 Å². The van der Waals surface area contributed by atoms with Gasteiger partial charge in [-0.15, -0.1) is 0 Å². The van der Waals surface area contributed by atoms with Gasteiger partial charge in [0, 0.05) is 11.6 Å². The summed E-state index contributed by atoms with van der Waals surface area (Å²) in [6.07, 6.45) is 1.04. The molecule has 0 heterocycles. The van der Waals surface area contributed by atoms with Gasteiger partial charge >= 0.3 is 0 Å². The third-order valence-electron chi connectivity index (χ3n) is 3.22. The molecule has 1 fully saturated rings. The van der Waals surface area contributed by atoms with E-state index in [0.717, 1.165) is 12.1 Å². The molecule has 1 aromatic carbocycles. The highest BCUT2D eigenvalue weighted by Crippen LogP contribution is 2.38. The fraction of sp³-hybridized carbons (Fsp3) is 0.462. The molecular weight excluding hydrogens is 186 g/mol. The molecule has 2 unspecified atom stereocenters. The molecule has 80 valence electrons. The van der Waals surface area contributed by atoms with E-state index >= 15 is 0 Å². The number of amides is 1. The standard InChI is InChI=1S/C13H17NO/c1-8-4-5-11(6-9(8)2)14-13(15)12-7-10(12)3/h4-6,10,12H,7H2,1-3H3,(H,14,15). The topological polar surface area (TPSA) is 29.1 Å². The molecule has 0 radical (unpaired) electrons. The van der Waals surface area contributed by atoms with Gasteiger partial charge in [0.05, 0.1) is 0 Å². The summed E-state index contributed by atoms with van der Waals surface area (Å²) in [5.74, 6) is 0.980. The van der Waals surface area contributed by atoms with Crippen LogP contribution in [0.25, 0.3) is 0 Å². The lowest BCUT2D eigenvalue weighted by Crippen LogP contribution is -2.14. The normalized spacial score (nSPS) is 23.7. The van der Waals surface area contributed by atoms with Crippen molar-refractivity contribution in [1.82, 2.24) is 0 Å². The number of rotatable bonds is 2. The van der Waals surface area contributed by atoms with Crippen LogP contribution in [0.5, 0.6) is 0 Å². The van der Waals surface area contributed by atoms with E-state index < -0.39 is 0 Å². The number of hydrogen-bond donors (Lipinski definition) is 1. The Balaban J connectivity index is 2.04. The Morgan fingerprint density at radius 1 is 1.33 bits per heavy atom. The zero-order valence-electron chi connectivity index (χ0n) is 9.50. The van der Waals surface area contributed by atoms with Gasteiger partial charge in [0.25, 0.3) is 0 Å². The molecule has 1 aliphatic rings. The van der Waals surface area contributed by atoms with E-state index in [9.17, 15) is 4.79 Å². The summed E-state index contributed by atoms with van der Waals surface area (Å²) in [5.41, 5.74) is 3.40. The number of benzene rings is 1. The van der Waals surface area contributed by atoms with Crippen molar-refractivity contribution in [3.63, 3.8) is 0 Å². The molecule has 0 bridgehead atoms. The van der Waals surface area contributed by atoms with Crippen LogP contribution in [0.1, 0.15) is 24.5 Å². The van der Waals surface area contributed by atoms with Gasteiger partial charge < -0.3 is 5.32 Å². The molecule has 0 aromatic heterocycles. The van der Waals surface area contributed by atoms with Crippen LogP contribution in [0.15, 0.2) is 18.2 Å². The van der Waals surface area contributed by atoms with Crippen LogP contribution < -0.4 is 5.32 Å². The number of carbonyl (C=O) groups is 1. The van der Waals surface area contributed by atoms with Gasteiger partial charge in [-0.1, -0.05) is 13.0 Å². The van der Waals surface area contributed by atoms with Gasteiger partial charge in [0.15, 0.2) is 0 Å². The van der Waals surface area contributed by atoms with Gasteiger partial charge in [-0.2, -0.15) is 0 Å². The first-order valence-corrected chi connectivity index (χ1v) is 5.46. The van der Waals surface area contributed by atoms with Crippen LogP contribution in [0, 0.1) is 25.7 Å². The minimum absolute atomic E-state index is 0.172. The van der Waals surface area contributed by atoms with Crippen molar-refractivity contribution in [3.05, 3.63) is 29.3 Å². The third-order valence-corrected chi connectivity index (χ3v) is 3.22. The Morgan fingerprint density at radius 3 is 2.53 bits per heavy atom. The lowest BCUT2D eigenvalue weighted by atomic mass is 10.1. The van der Waals surface area contributed by atoms with Gasteiger partial charge in [-0.25, -0.2) is 0 Å². The van der Waals surface area contributed by atoms with E-state index in [1.54, 1.807) is 0 Å². The average molecular weight is 203 g/mol. The van der Waals surface area contributed by atoms with Gasteiger partial charge in [0.2, 0.25) is 5.91 Å². The predicted octanol–water partition coefficient (Wildman–Crippen LogP) is 2.90. The highest BCUT2D eigenvalue weighted by Gasteiger charge is 2.38. The van der Waals surface area contributed by atoms with E-state index in [0.29, 0.717) is 5.92 Å². The van der Waals surface area contributed by atoms with E-state index in [2.05, 4.69) is 26.1 Å². The molecular formula is C13H17NO. The Hall–Kier alpha value is -1.31. The predicted molar refractivity (Wildman–Crippen MR) is 61.8 cm³/mol. The summed E-state index contributed by atoms with van der Waals surface area (Å²) in [6.45, 7) is 6.25. The first-order valence-electron chi connectivity index (χ1n) is 5.46. The molecule has 1 aliphatic carbocycles. The lowest BCUT2D eigenvalue weighted by Gasteiger charge is -2.07. The third kappa shape index (κ3) is 2.20. The summed E-state index contributed by atoms with van der Waals surface area (Å²) in [7, 11) is 0. The van der Waals surface area contributed by atoms with E-state index in [-0.39, 0.29) is 11.8 Å². The van der Waals surface area contributed by atoms with Gasteiger partial charge in [-0.05, 0) is 49.4 Å². The minimum atomic E-state index is 0.172. The van der Waals surface area contributed by atoms with E-state index in [1.165, 1.54) is 11.1 Å². The van der Waals surface area contributed by atoms with Crippen LogP contribution in [-0.2, 0) is 4.79 Å². The Bertz CT molecular complexity index is 398. The molecule has 2 nitrogen and oxygen atoms in total. The molecule has 2 rings (SSSR count). The second kappa shape index (κ2) is 3.69. The maximum Gasteiger partial charge on any atom is 0.227 e. The molecule has 0 aliphatic heterocycles. The van der Waals surface area contributed by atoms with Crippen molar-refractivity contribution < 1.29 is 4.79 Å². The highest BCUT2D eigenvalue weighted by molar-refractivity contribution is 5.94. The Labute approximate surface area is 90.7 Å². The quantitative estimate of drug-likeness (QED) is 0.786. The molecule has 1 aromatic rings. The van der Waals surface area contributed by atoms with Crippen molar-refractivity contribution in [1.29, 1.82) is 0 Å². The monoisotopic (exact) mass is 203 g/mol. The fourth-order valence-electron chi connectivity index (χ4n) is 1.74. The summed E-state index contributed by atoms with van der Waals surface area (Å²) >= 11 is 0. The van der Waals surface area contributed by atoms with Crippen molar-refractivity contribution in [2.24, 2.45) is 11.8 Å². The minimum Gasteiger partial charge on any atom is -0.326 e. The molecule has 0 spiro atoms. The van der Waals surface area contributed by atoms with Gasteiger partial charge in [-0.3, -0.25) is 4.79 Å². The largest absolute Gasteiger partial charge is 0.326 e. The highest BCUT2D eigenvalue weighted by atomic mass is 16.2. The summed E-state index contributed by atoms with van der Waals surface area (Å²) in [4.78, 5) is 11.7. The van der Waals surface area contributed by atoms with Crippen molar-refractivity contribution >= 4 is 11.6 Å². The lowest BCUT2D eigenvalue weighted by molar-refractivity contribution is -0.117. The Kier molecular flexibility index (Phi) is 2.51. The molecule has 2 heteroatoms. The number of anilines is 1. The van der Waals surface area contributed by atoms with Crippen LogP contribution in [0.3, 0.4) is 0 Å². The molecule has 0 saturated heterocycles. The smallest absolute Gasteiger partial charge is 0.227 e. The Morgan fingerprint density at radius 2 is 2.00 bits per heavy atom. The second-order valence-corrected chi connectivity index (χ2v) is 4.61. The first kappa shape index (κ1) is 10.2. The summed E-state index contributed by atoms with van der Waals surface area (Å²) in [5, 5.41) is 2.96. The number of aryl methyl sites for hydroxylation is 2. The molecule has 15 heavy (non-hydrogen) atoms. The number of hydrogen-bond acceptors (Lipinski definition) is 1. The van der Waals surface area contributed by atoms with Crippen LogP contribution >= 0.6 is 0 Å². The van der Waals surface area contributed by atoms with Gasteiger partial charge in [0.1, 0.15) is 0 Å². The molecule has 2 atom stereocenters. The molecule has 1 saturated carbocycles. The number of carbonyl (C=O) groups excluding carboxylic acids is 1. The van der Waals surface area contributed by atoms with Crippen molar-refractivity contribution in [2.45, 2.75) is 27.2 Å². The maximum absolute atomic E-state index is 11.7. The second-order valence-electron chi connectivity index (χ2n) is 4.61. The summed E-state index contributed by atoms with van der Waals surface area (Å²) in [6, 6.07) is 6.04. The maximum atomic E-state index is 11.7. The zero-order valence-corrected chi connectivity index (χ0v) is 9.50. The SMILES string of the molecule is Cc1ccc(NC(=O)C2CC2C)cc1C. The number of nitrogens with one attached hydrogen (secondary N) is 1. The first-order chi connectivity index (χ1) is 7.08. The zero-order chi connectivity index (χ0) is 11.0.